The molecule has 2 aromatic carbocycles. The topological polar surface area (TPSA) is 47.3 Å². The van der Waals surface area contributed by atoms with Gasteiger partial charge >= 0.3 is 6.18 Å². The van der Waals surface area contributed by atoms with E-state index in [9.17, 15) is 18.3 Å². The molecule has 0 amide bonds. The van der Waals surface area contributed by atoms with E-state index in [0.717, 1.165) is 12.1 Å². The molecule has 0 aromatic heterocycles. The molecule has 3 rings (SSSR count). The SMILES string of the molecule is N#Cc1ccc(C(F)(F)F)c(N2CCC(O)(c3ccccc3Cl)CC2)c1. The number of hydrogen-bond donors (Lipinski definition) is 1. The number of halogens is 4. The molecular formula is C19H16ClF3N2O. The predicted octanol–water partition coefficient (Wildman–Crippen LogP) is 4.72. The maximum Gasteiger partial charge on any atom is 0.418 e. The Labute approximate surface area is 154 Å². The average Bonchev–Trinajstić information content (AvgIpc) is 2.61. The first kappa shape index (κ1) is 18.6. The first-order valence-electron chi connectivity index (χ1n) is 8.08. The number of nitrogens with zero attached hydrogens (tertiary/aromatic N) is 2. The van der Waals surface area contributed by atoms with Gasteiger partial charge in [-0.05, 0) is 37.1 Å². The number of rotatable bonds is 2. The Hall–Kier alpha value is -2.23. The van der Waals surface area contributed by atoms with Crippen molar-refractivity contribution >= 4 is 17.3 Å². The zero-order chi connectivity index (χ0) is 18.9. The summed E-state index contributed by atoms with van der Waals surface area (Å²) in [7, 11) is 0. The van der Waals surface area contributed by atoms with Crippen molar-refractivity contribution in [3.05, 3.63) is 64.2 Å². The number of alkyl halides is 3. The summed E-state index contributed by atoms with van der Waals surface area (Å²) < 4.78 is 40.0. The van der Waals surface area contributed by atoms with E-state index in [1.54, 1.807) is 29.2 Å². The van der Waals surface area contributed by atoms with Crippen LogP contribution in [0.5, 0.6) is 0 Å². The summed E-state index contributed by atoms with van der Waals surface area (Å²) in [4.78, 5) is 1.56. The summed E-state index contributed by atoms with van der Waals surface area (Å²) in [6, 6.07) is 12.2. The monoisotopic (exact) mass is 380 g/mol. The van der Waals surface area contributed by atoms with Crippen LogP contribution in [0.15, 0.2) is 42.5 Å². The molecular weight excluding hydrogens is 365 g/mol. The van der Waals surface area contributed by atoms with E-state index in [2.05, 4.69) is 0 Å². The zero-order valence-corrected chi connectivity index (χ0v) is 14.5. The van der Waals surface area contributed by atoms with Crippen LogP contribution in [0, 0.1) is 11.3 Å². The first-order chi connectivity index (χ1) is 12.2. The highest BCUT2D eigenvalue weighted by Gasteiger charge is 2.39. The van der Waals surface area contributed by atoms with Gasteiger partial charge in [-0.15, -0.1) is 0 Å². The highest BCUT2D eigenvalue weighted by molar-refractivity contribution is 6.31. The molecule has 0 atom stereocenters. The molecule has 0 radical (unpaired) electrons. The second kappa shape index (κ2) is 6.82. The number of nitriles is 1. The summed E-state index contributed by atoms with van der Waals surface area (Å²) in [5, 5.41) is 20.4. The maximum atomic E-state index is 13.3. The molecule has 136 valence electrons. The van der Waals surface area contributed by atoms with Gasteiger partial charge < -0.3 is 10.0 Å². The van der Waals surface area contributed by atoms with Gasteiger partial charge in [0.25, 0.3) is 0 Å². The normalized spacial score (nSPS) is 17.0. The zero-order valence-electron chi connectivity index (χ0n) is 13.7. The molecule has 3 nitrogen and oxygen atoms in total. The van der Waals surface area contributed by atoms with E-state index in [4.69, 9.17) is 16.9 Å². The van der Waals surface area contributed by atoms with E-state index < -0.39 is 17.3 Å². The Balaban J connectivity index is 1.89. The van der Waals surface area contributed by atoms with Crippen molar-refractivity contribution in [2.75, 3.05) is 18.0 Å². The summed E-state index contributed by atoms with van der Waals surface area (Å²) >= 11 is 6.17. The van der Waals surface area contributed by atoms with Gasteiger partial charge in [0.15, 0.2) is 0 Å². The lowest BCUT2D eigenvalue weighted by Gasteiger charge is -2.40. The third kappa shape index (κ3) is 3.50. The molecule has 1 aliphatic rings. The van der Waals surface area contributed by atoms with Crippen molar-refractivity contribution < 1.29 is 18.3 Å². The van der Waals surface area contributed by atoms with Crippen LogP contribution >= 0.6 is 11.6 Å². The van der Waals surface area contributed by atoms with Crippen LogP contribution in [-0.4, -0.2) is 18.2 Å². The van der Waals surface area contributed by atoms with E-state index in [1.807, 2.05) is 6.07 Å². The lowest BCUT2D eigenvalue weighted by molar-refractivity contribution is -0.137. The Morgan fingerprint density at radius 2 is 1.77 bits per heavy atom. The van der Waals surface area contributed by atoms with Crippen molar-refractivity contribution in [3.63, 3.8) is 0 Å². The third-order valence-electron chi connectivity index (χ3n) is 4.74. The number of piperidine rings is 1. The van der Waals surface area contributed by atoms with Crippen molar-refractivity contribution in [2.24, 2.45) is 0 Å². The van der Waals surface area contributed by atoms with Crippen LogP contribution in [0.2, 0.25) is 5.02 Å². The Kier molecular flexibility index (Phi) is 4.87. The largest absolute Gasteiger partial charge is 0.418 e. The molecule has 0 saturated carbocycles. The number of anilines is 1. The van der Waals surface area contributed by atoms with Crippen molar-refractivity contribution in [2.45, 2.75) is 24.6 Å². The van der Waals surface area contributed by atoms with E-state index in [0.29, 0.717) is 10.6 Å². The minimum absolute atomic E-state index is 0.0299. The molecule has 1 aliphatic heterocycles. The van der Waals surface area contributed by atoms with Crippen LogP contribution in [0.4, 0.5) is 18.9 Å². The van der Waals surface area contributed by atoms with E-state index >= 15 is 0 Å². The number of aliphatic hydroxyl groups is 1. The minimum Gasteiger partial charge on any atom is -0.385 e. The maximum absolute atomic E-state index is 13.3. The minimum atomic E-state index is -4.51. The molecule has 0 aliphatic carbocycles. The van der Waals surface area contributed by atoms with Crippen LogP contribution in [0.25, 0.3) is 0 Å². The van der Waals surface area contributed by atoms with Gasteiger partial charge in [-0.3, -0.25) is 0 Å². The highest BCUT2D eigenvalue weighted by atomic mass is 35.5. The molecule has 0 unspecified atom stereocenters. The smallest absolute Gasteiger partial charge is 0.385 e. The third-order valence-corrected chi connectivity index (χ3v) is 5.07. The van der Waals surface area contributed by atoms with E-state index in [1.165, 1.54) is 6.07 Å². The summed E-state index contributed by atoms with van der Waals surface area (Å²) in [6.07, 6.45) is -4.03. The van der Waals surface area contributed by atoms with Crippen LogP contribution in [-0.2, 0) is 11.8 Å². The quantitative estimate of drug-likeness (QED) is 0.820. The standard InChI is InChI=1S/C19H16ClF3N2O/c20-16-4-2-1-3-14(16)18(26)7-9-25(10-8-18)17-11-13(12-24)5-6-15(17)19(21,22)23/h1-6,11,26H,7-10H2. The number of benzene rings is 2. The molecule has 1 N–H and O–H groups in total. The van der Waals surface area contributed by atoms with Crippen molar-refractivity contribution in [1.82, 2.24) is 0 Å². The second-order valence-corrected chi connectivity index (χ2v) is 6.75. The summed E-state index contributed by atoms with van der Waals surface area (Å²) in [6.45, 7) is 0.444. The molecule has 7 heteroatoms. The van der Waals surface area contributed by atoms with Crippen LogP contribution in [0.1, 0.15) is 29.5 Å². The molecule has 1 fully saturated rings. The van der Waals surface area contributed by atoms with Crippen molar-refractivity contribution in [1.29, 1.82) is 5.26 Å². The Bertz CT molecular complexity index is 853. The molecule has 26 heavy (non-hydrogen) atoms. The summed E-state index contributed by atoms with van der Waals surface area (Å²) in [5.74, 6) is 0. The lowest BCUT2D eigenvalue weighted by Crippen LogP contribution is -2.43. The molecule has 0 bridgehead atoms. The van der Waals surface area contributed by atoms with Crippen molar-refractivity contribution in [3.8, 4) is 6.07 Å². The van der Waals surface area contributed by atoms with Crippen LogP contribution < -0.4 is 4.90 Å². The van der Waals surface area contributed by atoms with Gasteiger partial charge in [-0.25, -0.2) is 0 Å². The summed E-state index contributed by atoms with van der Waals surface area (Å²) in [5.41, 5.74) is -1.24. The van der Waals surface area contributed by atoms with Gasteiger partial charge in [-0.2, -0.15) is 18.4 Å². The molecule has 1 heterocycles. The Morgan fingerprint density at radius 3 is 2.35 bits per heavy atom. The fourth-order valence-corrected chi connectivity index (χ4v) is 3.64. The van der Waals surface area contributed by atoms with Gasteiger partial charge in [0.05, 0.1) is 28.5 Å². The fourth-order valence-electron chi connectivity index (χ4n) is 3.33. The highest BCUT2D eigenvalue weighted by Crippen LogP contribution is 2.41. The van der Waals surface area contributed by atoms with Gasteiger partial charge in [0.2, 0.25) is 0 Å². The Morgan fingerprint density at radius 1 is 1.12 bits per heavy atom. The molecule has 1 saturated heterocycles. The lowest BCUT2D eigenvalue weighted by atomic mass is 9.84. The van der Waals surface area contributed by atoms with Gasteiger partial charge in [0, 0.05) is 23.7 Å². The molecule has 2 aromatic rings. The van der Waals surface area contributed by atoms with Gasteiger partial charge in [0.1, 0.15) is 0 Å². The second-order valence-electron chi connectivity index (χ2n) is 6.34. The van der Waals surface area contributed by atoms with Crippen LogP contribution in [0.3, 0.4) is 0 Å². The number of hydrogen-bond acceptors (Lipinski definition) is 3. The fraction of sp³-hybridized carbons (Fsp3) is 0.316. The van der Waals surface area contributed by atoms with Gasteiger partial charge in [-0.1, -0.05) is 29.8 Å². The first-order valence-corrected chi connectivity index (χ1v) is 8.46. The van der Waals surface area contributed by atoms with E-state index in [-0.39, 0.29) is 37.2 Å². The average molecular weight is 381 g/mol. The molecule has 0 spiro atoms. The predicted molar refractivity (Wildman–Crippen MR) is 93.0 cm³/mol.